The Hall–Kier alpha value is -2.37. The summed E-state index contributed by atoms with van der Waals surface area (Å²) in [5.74, 6) is 0.680. The third-order valence-electron chi connectivity index (χ3n) is 5.20. The van der Waals surface area contributed by atoms with Crippen molar-refractivity contribution in [3.63, 3.8) is 0 Å². The molecule has 1 aliphatic rings. The Labute approximate surface area is 212 Å². The largest absolute Gasteiger partial charge is 0.508 e. The van der Waals surface area contributed by atoms with Crippen LogP contribution in [0.1, 0.15) is 28.4 Å². The zero-order chi connectivity index (χ0) is 22.6. The van der Waals surface area contributed by atoms with Crippen LogP contribution >= 0.6 is 24.0 Å². The van der Waals surface area contributed by atoms with E-state index in [1.165, 1.54) is 23.3 Å². The number of hydrogen-bond donors (Lipinski definition) is 4. The molecule has 2 aromatic rings. The van der Waals surface area contributed by atoms with Crippen LogP contribution in [0, 0.1) is 0 Å². The lowest BCUT2D eigenvalue weighted by atomic mass is 10.1. The van der Waals surface area contributed by atoms with E-state index < -0.39 is 0 Å². The number of ether oxygens (including phenoxy) is 1. The van der Waals surface area contributed by atoms with E-state index in [9.17, 15) is 9.90 Å². The van der Waals surface area contributed by atoms with E-state index in [2.05, 4.69) is 39.0 Å². The zero-order valence-electron chi connectivity index (χ0n) is 19.0. The standard InChI is InChI=1S/C24H33N5O3.HI/c1-2-25-24(27-12-11-26-23(31)19-7-9-22(30)10-8-19)28-17-20-5-3-4-6-21(20)18-29-13-15-32-16-14-29;/h3-10,30H,2,11-18H2,1H3,(H,26,31)(H2,25,27,28);1H. The molecule has 1 fully saturated rings. The number of morpholine rings is 1. The minimum Gasteiger partial charge on any atom is -0.508 e. The molecular weight excluding hydrogens is 533 g/mol. The maximum absolute atomic E-state index is 12.2. The molecule has 33 heavy (non-hydrogen) atoms. The molecule has 0 atom stereocenters. The van der Waals surface area contributed by atoms with Crippen LogP contribution in [0.4, 0.5) is 0 Å². The Kier molecular flexibility index (Phi) is 12.0. The fourth-order valence-corrected chi connectivity index (χ4v) is 3.44. The number of aromatic hydroxyl groups is 1. The van der Waals surface area contributed by atoms with Crippen LogP contribution in [0.25, 0.3) is 0 Å². The molecule has 1 aliphatic heterocycles. The van der Waals surface area contributed by atoms with E-state index in [0.717, 1.165) is 39.4 Å². The van der Waals surface area contributed by atoms with Gasteiger partial charge in [-0.25, -0.2) is 4.99 Å². The second-order valence-corrected chi connectivity index (χ2v) is 7.58. The van der Waals surface area contributed by atoms with E-state index in [-0.39, 0.29) is 35.6 Å². The van der Waals surface area contributed by atoms with E-state index in [1.54, 1.807) is 12.1 Å². The van der Waals surface area contributed by atoms with E-state index in [0.29, 0.717) is 31.2 Å². The first-order chi connectivity index (χ1) is 15.7. The first-order valence-corrected chi connectivity index (χ1v) is 11.1. The fourth-order valence-electron chi connectivity index (χ4n) is 3.44. The van der Waals surface area contributed by atoms with E-state index in [4.69, 9.17) is 9.73 Å². The minimum atomic E-state index is -0.175. The zero-order valence-corrected chi connectivity index (χ0v) is 21.4. The van der Waals surface area contributed by atoms with Crippen molar-refractivity contribution in [1.82, 2.24) is 20.9 Å². The number of benzene rings is 2. The number of nitrogens with one attached hydrogen (secondary N) is 3. The molecule has 1 saturated heterocycles. The Morgan fingerprint density at radius 2 is 1.67 bits per heavy atom. The van der Waals surface area contributed by atoms with Crippen molar-refractivity contribution in [3.05, 3.63) is 65.2 Å². The molecular formula is C24H34IN5O3. The van der Waals surface area contributed by atoms with Crippen molar-refractivity contribution in [1.29, 1.82) is 0 Å². The summed E-state index contributed by atoms with van der Waals surface area (Å²) >= 11 is 0. The van der Waals surface area contributed by atoms with Crippen LogP contribution in [0.5, 0.6) is 5.75 Å². The highest BCUT2D eigenvalue weighted by atomic mass is 127. The molecule has 1 amide bonds. The SMILES string of the molecule is CCNC(=NCc1ccccc1CN1CCOCC1)NCCNC(=O)c1ccc(O)cc1.I. The highest BCUT2D eigenvalue weighted by molar-refractivity contribution is 14.0. The number of nitrogens with zero attached hydrogens (tertiary/aromatic N) is 2. The smallest absolute Gasteiger partial charge is 0.251 e. The van der Waals surface area contributed by atoms with Gasteiger partial charge in [-0.05, 0) is 42.3 Å². The molecule has 0 unspecified atom stereocenters. The quantitative estimate of drug-likeness (QED) is 0.161. The summed E-state index contributed by atoms with van der Waals surface area (Å²) in [5, 5.41) is 18.7. The van der Waals surface area contributed by atoms with Crippen molar-refractivity contribution in [3.8, 4) is 5.75 Å². The molecule has 3 rings (SSSR count). The number of carbonyl (C=O) groups excluding carboxylic acids is 1. The van der Waals surface area contributed by atoms with Crippen molar-refractivity contribution in [2.24, 2.45) is 4.99 Å². The molecule has 4 N–H and O–H groups in total. The Morgan fingerprint density at radius 3 is 2.36 bits per heavy atom. The third-order valence-corrected chi connectivity index (χ3v) is 5.20. The number of hydrogen-bond acceptors (Lipinski definition) is 5. The van der Waals surface area contributed by atoms with Gasteiger partial charge in [0, 0.05) is 44.8 Å². The second kappa shape index (κ2) is 14.7. The number of guanidine groups is 1. The van der Waals surface area contributed by atoms with Gasteiger partial charge >= 0.3 is 0 Å². The summed E-state index contributed by atoms with van der Waals surface area (Å²) in [7, 11) is 0. The predicted molar refractivity (Wildman–Crippen MR) is 141 cm³/mol. The lowest BCUT2D eigenvalue weighted by molar-refractivity contribution is 0.0341. The average molecular weight is 567 g/mol. The number of phenolic OH excluding ortho intramolecular Hbond substituents is 1. The molecule has 2 aromatic carbocycles. The van der Waals surface area contributed by atoms with Crippen LogP contribution in [0.2, 0.25) is 0 Å². The second-order valence-electron chi connectivity index (χ2n) is 7.58. The molecule has 180 valence electrons. The Bertz CT molecular complexity index is 886. The number of phenols is 1. The van der Waals surface area contributed by atoms with Gasteiger partial charge in [0.05, 0.1) is 19.8 Å². The van der Waals surface area contributed by atoms with Crippen molar-refractivity contribution < 1.29 is 14.6 Å². The summed E-state index contributed by atoms with van der Waals surface area (Å²) in [6.45, 7) is 8.75. The molecule has 1 heterocycles. The van der Waals surface area contributed by atoms with Gasteiger partial charge in [-0.1, -0.05) is 24.3 Å². The summed E-state index contributed by atoms with van der Waals surface area (Å²) in [6, 6.07) is 14.6. The molecule has 9 heteroatoms. The monoisotopic (exact) mass is 567 g/mol. The molecule has 8 nitrogen and oxygen atoms in total. The number of amides is 1. The maximum atomic E-state index is 12.2. The highest BCUT2D eigenvalue weighted by Gasteiger charge is 2.12. The Balaban J connectivity index is 0.00000385. The molecule has 0 bridgehead atoms. The average Bonchev–Trinajstić information content (AvgIpc) is 2.82. The van der Waals surface area contributed by atoms with Crippen LogP contribution in [-0.4, -0.2) is 67.8 Å². The van der Waals surface area contributed by atoms with Crippen LogP contribution in [-0.2, 0) is 17.8 Å². The molecule has 0 aromatic heterocycles. The maximum Gasteiger partial charge on any atom is 0.251 e. The van der Waals surface area contributed by atoms with Gasteiger partial charge in [-0.2, -0.15) is 0 Å². The first-order valence-electron chi connectivity index (χ1n) is 11.1. The first kappa shape index (κ1) is 26.9. The Morgan fingerprint density at radius 1 is 1.00 bits per heavy atom. The van der Waals surface area contributed by atoms with Gasteiger partial charge < -0.3 is 25.8 Å². The lowest BCUT2D eigenvalue weighted by Gasteiger charge is -2.27. The van der Waals surface area contributed by atoms with Crippen molar-refractivity contribution >= 4 is 35.8 Å². The van der Waals surface area contributed by atoms with Gasteiger partial charge in [0.15, 0.2) is 5.96 Å². The lowest BCUT2D eigenvalue weighted by Crippen LogP contribution is -2.41. The summed E-state index contributed by atoms with van der Waals surface area (Å²) in [6.07, 6.45) is 0. The van der Waals surface area contributed by atoms with Gasteiger partial charge in [0.1, 0.15) is 5.75 Å². The molecule has 0 aliphatic carbocycles. The minimum absolute atomic E-state index is 0. The van der Waals surface area contributed by atoms with Crippen LogP contribution < -0.4 is 16.0 Å². The summed E-state index contributed by atoms with van der Waals surface area (Å²) in [4.78, 5) is 19.3. The van der Waals surface area contributed by atoms with Crippen LogP contribution in [0.3, 0.4) is 0 Å². The molecule has 0 saturated carbocycles. The van der Waals surface area contributed by atoms with Crippen molar-refractivity contribution in [2.75, 3.05) is 45.9 Å². The van der Waals surface area contributed by atoms with Crippen molar-refractivity contribution in [2.45, 2.75) is 20.0 Å². The number of halogens is 1. The fraction of sp³-hybridized carbons (Fsp3) is 0.417. The van der Waals surface area contributed by atoms with Gasteiger partial charge in [0.25, 0.3) is 5.91 Å². The summed E-state index contributed by atoms with van der Waals surface area (Å²) < 4.78 is 5.45. The molecule has 0 radical (unpaired) electrons. The topological polar surface area (TPSA) is 98.2 Å². The third kappa shape index (κ3) is 9.18. The van der Waals surface area contributed by atoms with Gasteiger partial charge in [-0.15, -0.1) is 24.0 Å². The van der Waals surface area contributed by atoms with E-state index in [1.807, 2.05) is 13.0 Å². The van der Waals surface area contributed by atoms with Gasteiger partial charge in [0.2, 0.25) is 0 Å². The molecule has 0 spiro atoms. The number of aliphatic imine (C=N–C) groups is 1. The number of rotatable bonds is 9. The highest BCUT2D eigenvalue weighted by Crippen LogP contribution is 2.14. The number of carbonyl (C=O) groups is 1. The predicted octanol–water partition coefficient (Wildman–Crippen LogP) is 2.33. The van der Waals surface area contributed by atoms with Crippen LogP contribution in [0.15, 0.2) is 53.5 Å². The van der Waals surface area contributed by atoms with E-state index >= 15 is 0 Å². The summed E-state index contributed by atoms with van der Waals surface area (Å²) in [5.41, 5.74) is 3.01. The van der Waals surface area contributed by atoms with Gasteiger partial charge in [-0.3, -0.25) is 9.69 Å². The normalized spacial score (nSPS) is 14.3.